The van der Waals surface area contributed by atoms with Crippen LogP contribution in [0, 0.1) is 0 Å². The van der Waals surface area contributed by atoms with Crippen LogP contribution in [-0.2, 0) is 16.1 Å². The first-order chi connectivity index (χ1) is 13.4. The van der Waals surface area contributed by atoms with E-state index in [1.807, 2.05) is 11.4 Å². The molecule has 1 N–H and O–H groups in total. The van der Waals surface area contributed by atoms with Crippen molar-refractivity contribution in [2.24, 2.45) is 0 Å². The largest absolute Gasteiger partial charge is 0.493 e. The van der Waals surface area contributed by atoms with Crippen LogP contribution in [0.25, 0.3) is 0 Å². The molecule has 7 nitrogen and oxygen atoms in total. The summed E-state index contributed by atoms with van der Waals surface area (Å²) in [7, 11) is 4.82. The third kappa shape index (κ3) is 6.38. The first kappa shape index (κ1) is 21.4. The van der Waals surface area contributed by atoms with E-state index in [1.54, 1.807) is 38.4 Å². The van der Waals surface area contributed by atoms with Gasteiger partial charge in [-0.1, -0.05) is 12.1 Å². The summed E-state index contributed by atoms with van der Waals surface area (Å²) in [6, 6.07) is 8.80. The Labute approximate surface area is 168 Å². The standard InChI is InChI=1S/C20H24N2O5S/c1-22(2)20(25)13-27-16-8-6-14(11-17(16)26-3)12-21-19(24)9-7-15(23)18-5-4-10-28-18/h4-6,8,10-11H,7,9,12-13H2,1-3H3,(H,21,24). The predicted molar refractivity (Wildman–Crippen MR) is 107 cm³/mol. The Balaban J connectivity index is 1.83. The van der Waals surface area contributed by atoms with Crippen molar-refractivity contribution >= 4 is 28.9 Å². The van der Waals surface area contributed by atoms with Crippen LogP contribution in [0.1, 0.15) is 28.1 Å². The summed E-state index contributed by atoms with van der Waals surface area (Å²) in [5.74, 6) is 0.553. The Morgan fingerprint density at radius 3 is 2.54 bits per heavy atom. The fourth-order valence-electron chi connectivity index (χ4n) is 2.29. The minimum absolute atomic E-state index is 0.0272. The van der Waals surface area contributed by atoms with Gasteiger partial charge in [-0.05, 0) is 29.1 Å². The lowest BCUT2D eigenvalue weighted by molar-refractivity contribution is -0.130. The Morgan fingerprint density at radius 2 is 1.89 bits per heavy atom. The van der Waals surface area contributed by atoms with Crippen molar-refractivity contribution in [3.05, 3.63) is 46.2 Å². The summed E-state index contributed by atoms with van der Waals surface area (Å²) in [6.07, 6.45) is 0.323. The van der Waals surface area contributed by atoms with Crippen molar-refractivity contribution in [2.75, 3.05) is 27.8 Å². The molecule has 0 aliphatic heterocycles. The number of methoxy groups -OCH3 is 1. The second-order valence-electron chi connectivity index (χ2n) is 6.24. The molecule has 0 bridgehead atoms. The van der Waals surface area contributed by atoms with Crippen LogP contribution in [-0.4, -0.2) is 50.3 Å². The molecule has 150 valence electrons. The number of nitrogens with one attached hydrogen (secondary N) is 1. The normalized spacial score (nSPS) is 10.2. The number of ketones is 1. The smallest absolute Gasteiger partial charge is 0.259 e. The monoisotopic (exact) mass is 404 g/mol. The molecule has 1 heterocycles. The Morgan fingerprint density at radius 1 is 1.11 bits per heavy atom. The summed E-state index contributed by atoms with van der Waals surface area (Å²) < 4.78 is 10.8. The van der Waals surface area contributed by atoms with Gasteiger partial charge in [0.15, 0.2) is 23.9 Å². The molecule has 0 radical (unpaired) electrons. The number of rotatable bonds is 10. The van der Waals surface area contributed by atoms with E-state index < -0.39 is 0 Å². The van der Waals surface area contributed by atoms with Crippen molar-refractivity contribution in [3.63, 3.8) is 0 Å². The van der Waals surface area contributed by atoms with Crippen molar-refractivity contribution < 1.29 is 23.9 Å². The zero-order chi connectivity index (χ0) is 20.5. The van der Waals surface area contributed by atoms with Crippen LogP contribution in [0.3, 0.4) is 0 Å². The third-order valence-corrected chi connectivity index (χ3v) is 4.85. The van der Waals surface area contributed by atoms with Crippen molar-refractivity contribution in [1.29, 1.82) is 0 Å². The highest BCUT2D eigenvalue weighted by Crippen LogP contribution is 2.28. The quantitative estimate of drug-likeness (QED) is 0.615. The summed E-state index contributed by atoms with van der Waals surface area (Å²) in [5.41, 5.74) is 0.820. The van der Waals surface area contributed by atoms with Crippen molar-refractivity contribution in [3.8, 4) is 11.5 Å². The van der Waals surface area contributed by atoms with Gasteiger partial charge in [0.2, 0.25) is 5.91 Å². The highest BCUT2D eigenvalue weighted by Gasteiger charge is 2.12. The molecule has 8 heteroatoms. The van der Waals surface area contributed by atoms with Crippen LogP contribution in [0.5, 0.6) is 11.5 Å². The van der Waals surface area contributed by atoms with E-state index in [1.165, 1.54) is 23.3 Å². The summed E-state index contributed by atoms with van der Waals surface area (Å²) in [4.78, 5) is 37.7. The second-order valence-corrected chi connectivity index (χ2v) is 7.19. The van der Waals surface area contributed by atoms with Crippen LogP contribution in [0.4, 0.5) is 0 Å². The number of hydrogen-bond donors (Lipinski definition) is 1. The lowest BCUT2D eigenvalue weighted by Gasteiger charge is -2.14. The number of thiophene rings is 1. The molecule has 2 rings (SSSR count). The van der Waals surface area contributed by atoms with Gasteiger partial charge in [0.25, 0.3) is 5.91 Å². The number of amides is 2. The molecule has 0 atom stereocenters. The topological polar surface area (TPSA) is 84.9 Å². The van der Waals surface area contributed by atoms with E-state index in [4.69, 9.17) is 9.47 Å². The zero-order valence-electron chi connectivity index (χ0n) is 16.2. The van der Waals surface area contributed by atoms with E-state index in [0.717, 1.165) is 5.56 Å². The van der Waals surface area contributed by atoms with Crippen LogP contribution in [0.15, 0.2) is 35.7 Å². The fourth-order valence-corrected chi connectivity index (χ4v) is 2.98. The zero-order valence-corrected chi connectivity index (χ0v) is 17.0. The van der Waals surface area contributed by atoms with Crippen LogP contribution < -0.4 is 14.8 Å². The van der Waals surface area contributed by atoms with E-state index in [-0.39, 0.29) is 37.0 Å². The number of nitrogens with zero attached hydrogens (tertiary/aromatic N) is 1. The first-order valence-electron chi connectivity index (χ1n) is 8.74. The molecule has 0 unspecified atom stereocenters. The summed E-state index contributed by atoms with van der Waals surface area (Å²) >= 11 is 1.37. The van der Waals surface area contributed by atoms with Gasteiger partial charge < -0.3 is 19.7 Å². The molecular formula is C20H24N2O5S. The minimum atomic E-state index is -0.194. The number of benzene rings is 1. The lowest BCUT2D eigenvalue weighted by Crippen LogP contribution is -2.27. The number of Topliss-reactive ketones (excluding diaryl/α,β-unsaturated/α-hetero) is 1. The second kappa shape index (κ2) is 10.5. The minimum Gasteiger partial charge on any atom is -0.493 e. The van der Waals surface area contributed by atoms with Crippen molar-refractivity contribution in [2.45, 2.75) is 19.4 Å². The Hall–Kier alpha value is -2.87. The highest BCUT2D eigenvalue weighted by molar-refractivity contribution is 7.12. The summed E-state index contributed by atoms with van der Waals surface area (Å²) in [5, 5.41) is 4.63. The molecule has 0 aliphatic rings. The van der Waals surface area contributed by atoms with Gasteiger partial charge in [0.05, 0.1) is 12.0 Å². The van der Waals surface area contributed by atoms with Gasteiger partial charge in [0, 0.05) is 33.5 Å². The van der Waals surface area contributed by atoms with Gasteiger partial charge in [-0.2, -0.15) is 0 Å². The van der Waals surface area contributed by atoms with E-state index in [0.29, 0.717) is 22.9 Å². The van der Waals surface area contributed by atoms with Gasteiger partial charge in [-0.25, -0.2) is 0 Å². The maximum Gasteiger partial charge on any atom is 0.259 e. The maximum atomic E-state index is 12.0. The van der Waals surface area contributed by atoms with E-state index in [9.17, 15) is 14.4 Å². The molecular weight excluding hydrogens is 380 g/mol. The van der Waals surface area contributed by atoms with Crippen LogP contribution in [0.2, 0.25) is 0 Å². The number of likely N-dealkylation sites (N-methyl/N-ethyl adjacent to an activating group) is 1. The molecule has 0 fully saturated rings. The van der Waals surface area contributed by atoms with Gasteiger partial charge in [0.1, 0.15) is 0 Å². The third-order valence-electron chi connectivity index (χ3n) is 3.94. The molecule has 0 aliphatic carbocycles. The lowest BCUT2D eigenvalue weighted by atomic mass is 10.1. The molecule has 28 heavy (non-hydrogen) atoms. The average molecular weight is 404 g/mol. The van der Waals surface area contributed by atoms with E-state index in [2.05, 4.69) is 5.32 Å². The van der Waals surface area contributed by atoms with Crippen LogP contribution >= 0.6 is 11.3 Å². The average Bonchev–Trinajstić information content (AvgIpc) is 3.23. The molecule has 2 aromatic rings. The van der Waals surface area contributed by atoms with Gasteiger partial charge in [-0.15, -0.1) is 11.3 Å². The number of hydrogen-bond acceptors (Lipinski definition) is 6. The summed E-state index contributed by atoms with van der Waals surface area (Å²) in [6.45, 7) is 0.219. The molecule has 1 aromatic heterocycles. The molecule has 0 spiro atoms. The predicted octanol–water partition coefficient (Wildman–Crippen LogP) is 2.50. The molecule has 1 aromatic carbocycles. The number of carbonyl (C=O) groups excluding carboxylic acids is 3. The molecule has 2 amide bonds. The van der Waals surface area contributed by atoms with Gasteiger partial charge in [-0.3, -0.25) is 14.4 Å². The first-order valence-corrected chi connectivity index (χ1v) is 9.62. The molecule has 0 saturated carbocycles. The molecule has 0 saturated heterocycles. The number of carbonyl (C=O) groups is 3. The fraction of sp³-hybridized carbons (Fsp3) is 0.350. The number of ether oxygens (including phenoxy) is 2. The SMILES string of the molecule is COc1cc(CNC(=O)CCC(=O)c2cccs2)ccc1OCC(=O)N(C)C. The Bertz CT molecular complexity index is 818. The Kier molecular flexibility index (Phi) is 8.01. The van der Waals surface area contributed by atoms with Gasteiger partial charge >= 0.3 is 0 Å². The highest BCUT2D eigenvalue weighted by atomic mass is 32.1. The maximum absolute atomic E-state index is 12.0. The van der Waals surface area contributed by atoms with E-state index >= 15 is 0 Å². The van der Waals surface area contributed by atoms with Crippen molar-refractivity contribution in [1.82, 2.24) is 10.2 Å².